The van der Waals surface area contributed by atoms with E-state index < -0.39 is 0 Å². The summed E-state index contributed by atoms with van der Waals surface area (Å²) in [5.41, 5.74) is 3.32. The van der Waals surface area contributed by atoms with Gasteiger partial charge < -0.3 is 9.88 Å². The number of hydrogen-bond acceptors (Lipinski definition) is 5. The Bertz CT molecular complexity index is 982. The SMILES string of the molecule is c1ccc(-c2nnc(N3CCC(c4nc5ccccc5[nH]4)CC3)s2)cc1. The van der Waals surface area contributed by atoms with E-state index in [4.69, 9.17) is 4.98 Å². The van der Waals surface area contributed by atoms with E-state index >= 15 is 0 Å². The number of rotatable bonds is 3. The van der Waals surface area contributed by atoms with Crippen LogP contribution in [0.5, 0.6) is 0 Å². The zero-order valence-electron chi connectivity index (χ0n) is 14.3. The first kappa shape index (κ1) is 15.5. The van der Waals surface area contributed by atoms with Crippen molar-refractivity contribution in [3.8, 4) is 10.6 Å². The minimum Gasteiger partial charge on any atom is -0.347 e. The van der Waals surface area contributed by atoms with Gasteiger partial charge in [0.05, 0.1) is 11.0 Å². The van der Waals surface area contributed by atoms with E-state index in [0.717, 1.165) is 58.5 Å². The Morgan fingerprint density at radius 2 is 1.69 bits per heavy atom. The standard InChI is InChI=1S/C20H19N5S/c1-2-6-15(7-3-1)19-23-24-20(26-19)25-12-10-14(11-13-25)18-21-16-8-4-5-9-17(16)22-18/h1-9,14H,10-13H2,(H,21,22). The summed E-state index contributed by atoms with van der Waals surface area (Å²) in [6, 6.07) is 18.5. The Balaban J connectivity index is 1.29. The van der Waals surface area contributed by atoms with Crippen LogP contribution in [0, 0.1) is 0 Å². The first-order chi connectivity index (χ1) is 12.9. The molecule has 0 saturated carbocycles. The highest BCUT2D eigenvalue weighted by Gasteiger charge is 2.25. The second-order valence-corrected chi connectivity index (χ2v) is 7.61. The number of fused-ring (bicyclic) bond motifs is 1. The van der Waals surface area contributed by atoms with Crippen molar-refractivity contribution in [2.45, 2.75) is 18.8 Å². The molecule has 5 rings (SSSR count). The second kappa shape index (κ2) is 6.53. The number of aromatic amines is 1. The summed E-state index contributed by atoms with van der Waals surface area (Å²) in [5, 5.41) is 10.8. The van der Waals surface area contributed by atoms with Crippen molar-refractivity contribution in [1.82, 2.24) is 20.2 Å². The van der Waals surface area contributed by atoms with Crippen LogP contribution in [0.2, 0.25) is 0 Å². The molecule has 3 heterocycles. The summed E-state index contributed by atoms with van der Waals surface area (Å²) in [6.07, 6.45) is 2.17. The van der Waals surface area contributed by atoms with Gasteiger partial charge in [0.25, 0.3) is 0 Å². The van der Waals surface area contributed by atoms with Crippen molar-refractivity contribution in [2.75, 3.05) is 18.0 Å². The molecule has 0 bridgehead atoms. The highest BCUT2D eigenvalue weighted by atomic mass is 32.1. The van der Waals surface area contributed by atoms with Crippen molar-refractivity contribution in [1.29, 1.82) is 0 Å². The number of para-hydroxylation sites is 2. The number of hydrogen-bond donors (Lipinski definition) is 1. The molecule has 26 heavy (non-hydrogen) atoms. The lowest BCUT2D eigenvalue weighted by Crippen LogP contribution is -2.33. The molecule has 0 aliphatic carbocycles. The smallest absolute Gasteiger partial charge is 0.208 e. The van der Waals surface area contributed by atoms with Crippen molar-refractivity contribution >= 4 is 27.5 Å². The molecule has 2 aromatic heterocycles. The maximum atomic E-state index is 4.78. The summed E-state index contributed by atoms with van der Waals surface area (Å²) in [7, 11) is 0. The Kier molecular flexibility index (Phi) is 3.90. The molecular weight excluding hydrogens is 342 g/mol. The van der Waals surface area contributed by atoms with Gasteiger partial charge in [-0.05, 0) is 25.0 Å². The van der Waals surface area contributed by atoms with E-state index in [1.54, 1.807) is 11.3 Å². The van der Waals surface area contributed by atoms with Gasteiger partial charge in [-0.2, -0.15) is 0 Å². The van der Waals surface area contributed by atoms with Gasteiger partial charge in [-0.1, -0.05) is 53.8 Å². The molecule has 0 spiro atoms. The molecule has 1 N–H and O–H groups in total. The topological polar surface area (TPSA) is 57.7 Å². The number of nitrogens with zero attached hydrogens (tertiary/aromatic N) is 4. The monoisotopic (exact) mass is 361 g/mol. The second-order valence-electron chi connectivity index (χ2n) is 6.66. The Morgan fingerprint density at radius 1 is 0.923 bits per heavy atom. The first-order valence-electron chi connectivity index (χ1n) is 8.95. The molecule has 130 valence electrons. The number of benzene rings is 2. The lowest BCUT2D eigenvalue weighted by Gasteiger charge is -2.30. The van der Waals surface area contributed by atoms with Crippen molar-refractivity contribution in [3.05, 3.63) is 60.4 Å². The van der Waals surface area contributed by atoms with Gasteiger partial charge in [0.2, 0.25) is 5.13 Å². The first-order valence-corrected chi connectivity index (χ1v) is 9.77. The lowest BCUT2D eigenvalue weighted by atomic mass is 9.96. The fraction of sp³-hybridized carbons (Fsp3) is 0.250. The molecule has 0 atom stereocenters. The quantitative estimate of drug-likeness (QED) is 0.585. The molecule has 0 amide bonds. The van der Waals surface area contributed by atoms with Crippen LogP contribution in [0.1, 0.15) is 24.6 Å². The normalized spacial score (nSPS) is 15.6. The van der Waals surface area contributed by atoms with E-state index in [-0.39, 0.29) is 0 Å². The molecule has 5 nitrogen and oxygen atoms in total. The van der Waals surface area contributed by atoms with Crippen LogP contribution in [0.15, 0.2) is 54.6 Å². The number of anilines is 1. The summed E-state index contributed by atoms with van der Waals surface area (Å²) in [4.78, 5) is 10.6. The number of H-pyrrole nitrogens is 1. The zero-order chi connectivity index (χ0) is 17.3. The summed E-state index contributed by atoms with van der Waals surface area (Å²) in [6.45, 7) is 1.98. The molecule has 1 aliphatic rings. The largest absolute Gasteiger partial charge is 0.347 e. The van der Waals surface area contributed by atoms with E-state index in [2.05, 4.69) is 44.3 Å². The predicted octanol–water partition coefficient (Wildman–Crippen LogP) is 4.47. The van der Waals surface area contributed by atoms with Gasteiger partial charge in [0.1, 0.15) is 10.8 Å². The molecule has 6 heteroatoms. The number of piperidine rings is 1. The fourth-order valence-electron chi connectivity index (χ4n) is 3.55. The van der Waals surface area contributed by atoms with Gasteiger partial charge in [0, 0.05) is 24.6 Å². The third-order valence-corrected chi connectivity index (χ3v) is 6.03. The van der Waals surface area contributed by atoms with Crippen molar-refractivity contribution in [3.63, 3.8) is 0 Å². The summed E-state index contributed by atoms with van der Waals surface area (Å²) >= 11 is 1.67. The van der Waals surface area contributed by atoms with Crippen LogP contribution in [-0.2, 0) is 0 Å². The van der Waals surface area contributed by atoms with E-state index in [0.29, 0.717) is 5.92 Å². The Labute approximate surface area is 155 Å². The van der Waals surface area contributed by atoms with Crippen LogP contribution in [0.3, 0.4) is 0 Å². The lowest BCUT2D eigenvalue weighted by molar-refractivity contribution is 0.488. The van der Waals surface area contributed by atoms with Gasteiger partial charge in [-0.15, -0.1) is 10.2 Å². The van der Waals surface area contributed by atoms with Crippen LogP contribution in [0.4, 0.5) is 5.13 Å². The maximum absolute atomic E-state index is 4.78. The van der Waals surface area contributed by atoms with E-state index in [1.165, 1.54) is 0 Å². The van der Waals surface area contributed by atoms with Crippen molar-refractivity contribution < 1.29 is 0 Å². The molecule has 2 aromatic carbocycles. The van der Waals surface area contributed by atoms with Crippen LogP contribution < -0.4 is 4.90 Å². The van der Waals surface area contributed by atoms with Gasteiger partial charge >= 0.3 is 0 Å². The Morgan fingerprint density at radius 3 is 2.50 bits per heavy atom. The molecule has 1 fully saturated rings. The molecule has 1 aliphatic heterocycles. The fourth-order valence-corrected chi connectivity index (χ4v) is 4.45. The molecular formula is C20H19N5S. The highest BCUT2D eigenvalue weighted by Crippen LogP contribution is 2.33. The minimum absolute atomic E-state index is 0.486. The maximum Gasteiger partial charge on any atom is 0.208 e. The number of aromatic nitrogens is 4. The Hall–Kier alpha value is -2.73. The highest BCUT2D eigenvalue weighted by molar-refractivity contribution is 7.18. The van der Waals surface area contributed by atoms with Crippen LogP contribution in [0.25, 0.3) is 21.6 Å². The van der Waals surface area contributed by atoms with Gasteiger partial charge in [-0.25, -0.2) is 4.98 Å². The molecule has 1 saturated heterocycles. The molecule has 0 unspecified atom stereocenters. The third kappa shape index (κ3) is 2.86. The average molecular weight is 361 g/mol. The molecule has 0 radical (unpaired) electrons. The summed E-state index contributed by atoms with van der Waals surface area (Å²) in [5.74, 6) is 1.60. The number of imidazole rings is 1. The van der Waals surface area contributed by atoms with Crippen molar-refractivity contribution in [2.24, 2.45) is 0 Å². The third-order valence-electron chi connectivity index (χ3n) is 4.99. The van der Waals surface area contributed by atoms with Gasteiger partial charge in [-0.3, -0.25) is 0 Å². The van der Waals surface area contributed by atoms with E-state index in [1.807, 2.05) is 30.3 Å². The molecule has 4 aromatic rings. The average Bonchev–Trinajstić information content (AvgIpc) is 3.36. The van der Waals surface area contributed by atoms with Crippen LogP contribution >= 0.6 is 11.3 Å². The minimum atomic E-state index is 0.486. The van der Waals surface area contributed by atoms with Gasteiger partial charge in [0.15, 0.2) is 0 Å². The zero-order valence-corrected chi connectivity index (χ0v) is 15.1. The predicted molar refractivity (Wildman–Crippen MR) is 106 cm³/mol. The number of nitrogens with one attached hydrogen (secondary N) is 1. The van der Waals surface area contributed by atoms with Crippen LogP contribution in [-0.4, -0.2) is 33.3 Å². The van der Waals surface area contributed by atoms with E-state index in [9.17, 15) is 0 Å². The summed E-state index contributed by atoms with van der Waals surface area (Å²) < 4.78 is 0.